The third-order valence-electron chi connectivity index (χ3n) is 4.82. The largest absolute Gasteiger partial charge is 0.346 e. The van der Waals surface area contributed by atoms with Gasteiger partial charge in [0, 0.05) is 47.9 Å². The number of hydrogen-bond donors (Lipinski definition) is 1. The number of aryl methyl sites for hydroxylation is 2. The molecule has 0 saturated heterocycles. The number of sulfone groups is 1. The van der Waals surface area contributed by atoms with Gasteiger partial charge in [-0.1, -0.05) is 6.07 Å². The van der Waals surface area contributed by atoms with Gasteiger partial charge in [0.1, 0.15) is 11.5 Å². The second-order valence-electron chi connectivity index (χ2n) is 7.09. The lowest BCUT2D eigenvalue weighted by molar-refractivity contribution is 0.562. The molecule has 0 aliphatic heterocycles. The van der Waals surface area contributed by atoms with Gasteiger partial charge in [-0.05, 0) is 42.2 Å². The Labute approximate surface area is 172 Å². The number of aromatic amines is 1. The normalized spacial score (nSPS) is 11.8. The molecule has 0 aliphatic rings. The Balaban J connectivity index is 1.54. The molecule has 0 radical (unpaired) electrons. The average molecular weight is 428 g/mol. The smallest absolute Gasteiger partial charge is 0.216 e. The number of fused-ring (bicyclic) bond motifs is 1. The second-order valence-corrected chi connectivity index (χ2v) is 9.11. The first-order chi connectivity index (χ1) is 14.3. The van der Waals surface area contributed by atoms with Crippen molar-refractivity contribution in [1.29, 1.82) is 0 Å². The van der Waals surface area contributed by atoms with Crippen LogP contribution in [0.1, 0.15) is 22.4 Å². The Kier molecular flexibility index (Phi) is 5.29. The molecule has 0 bridgehead atoms. The average Bonchev–Trinajstić information content (AvgIpc) is 3.10. The van der Waals surface area contributed by atoms with Gasteiger partial charge in [-0.25, -0.2) is 22.8 Å². The molecule has 6 nitrogen and oxygen atoms in total. The monoisotopic (exact) mass is 428 g/mol. The van der Waals surface area contributed by atoms with E-state index in [1.807, 2.05) is 0 Å². The van der Waals surface area contributed by atoms with Gasteiger partial charge < -0.3 is 4.98 Å². The molecule has 9 heteroatoms. The van der Waals surface area contributed by atoms with Crippen LogP contribution in [-0.4, -0.2) is 34.6 Å². The molecule has 0 spiro atoms. The molecule has 0 aliphatic carbocycles. The van der Waals surface area contributed by atoms with Crippen LogP contribution in [0.15, 0.2) is 53.9 Å². The van der Waals surface area contributed by atoms with Crippen molar-refractivity contribution < 1.29 is 17.2 Å². The molecule has 0 unspecified atom stereocenters. The summed E-state index contributed by atoms with van der Waals surface area (Å²) in [6.07, 6.45) is 8.00. The Morgan fingerprint density at radius 3 is 2.60 bits per heavy atom. The van der Waals surface area contributed by atoms with Crippen LogP contribution >= 0.6 is 0 Å². The van der Waals surface area contributed by atoms with Crippen LogP contribution in [0.2, 0.25) is 0 Å². The lowest BCUT2D eigenvalue weighted by Crippen LogP contribution is -2.02. The highest BCUT2D eigenvalue weighted by atomic mass is 32.2. The number of H-pyrrole nitrogens is 1. The topological polar surface area (TPSA) is 88.6 Å². The fourth-order valence-corrected chi connectivity index (χ4v) is 3.81. The van der Waals surface area contributed by atoms with Crippen molar-refractivity contribution >= 4 is 20.9 Å². The fourth-order valence-electron chi connectivity index (χ4n) is 3.23. The zero-order valence-corrected chi connectivity index (χ0v) is 16.9. The summed E-state index contributed by atoms with van der Waals surface area (Å²) in [4.78, 5) is 15.0. The maximum absolute atomic E-state index is 14.6. The fraction of sp³-hybridized carbons (Fsp3) is 0.190. The molecule has 1 N–H and O–H groups in total. The summed E-state index contributed by atoms with van der Waals surface area (Å²) in [5.74, 6) is -0.999. The molecule has 0 aromatic carbocycles. The summed E-state index contributed by atoms with van der Waals surface area (Å²) in [6, 6.07) is 6.33. The molecule has 4 aromatic rings. The predicted octanol–water partition coefficient (Wildman–Crippen LogP) is 3.41. The summed E-state index contributed by atoms with van der Waals surface area (Å²) in [6.45, 7) is 0. The highest BCUT2D eigenvalue weighted by Crippen LogP contribution is 2.23. The Morgan fingerprint density at radius 1 is 1.03 bits per heavy atom. The minimum atomic E-state index is -3.40. The van der Waals surface area contributed by atoms with E-state index in [4.69, 9.17) is 0 Å². The van der Waals surface area contributed by atoms with Gasteiger partial charge in [-0.15, -0.1) is 0 Å². The van der Waals surface area contributed by atoms with E-state index < -0.39 is 21.6 Å². The molecule has 154 valence electrons. The standard InChI is InChI=1S/C21H18F2N4O2S/c1-30(28,29)18-8-19-15(10-25-21(19)26-12-18)7-14-3-5-17(27-20(14)23)4-2-13-6-16(22)11-24-9-13/h3,5-6,8-12H,2,4,7H2,1H3,(H,25,26). The summed E-state index contributed by atoms with van der Waals surface area (Å²) < 4.78 is 51.4. The van der Waals surface area contributed by atoms with Crippen molar-refractivity contribution in [1.82, 2.24) is 19.9 Å². The van der Waals surface area contributed by atoms with Gasteiger partial charge in [0.15, 0.2) is 9.84 Å². The lowest BCUT2D eigenvalue weighted by atomic mass is 10.0. The molecule has 0 amide bonds. The van der Waals surface area contributed by atoms with E-state index >= 15 is 0 Å². The maximum atomic E-state index is 14.6. The third kappa shape index (κ3) is 4.35. The van der Waals surface area contributed by atoms with Crippen LogP contribution in [0.4, 0.5) is 8.78 Å². The highest BCUT2D eigenvalue weighted by molar-refractivity contribution is 7.90. The molecule has 4 rings (SSSR count). The minimum Gasteiger partial charge on any atom is -0.346 e. The van der Waals surface area contributed by atoms with E-state index in [1.54, 1.807) is 24.5 Å². The van der Waals surface area contributed by atoms with E-state index in [0.717, 1.165) is 18.0 Å². The zero-order valence-electron chi connectivity index (χ0n) is 16.1. The van der Waals surface area contributed by atoms with Gasteiger partial charge in [-0.3, -0.25) is 4.98 Å². The Morgan fingerprint density at radius 2 is 1.87 bits per heavy atom. The maximum Gasteiger partial charge on any atom is 0.216 e. The Bertz CT molecular complexity index is 1340. The second kappa shape index (κ2) is 7.91. The van der Waals surface area contributed by atoms with Crippen molar-refractivity contribution in [3.63, 3.8) is 0 Å². The number of aromatic nitrogens is 4. The quantitative estimate of drug-likeness (QED) is 0.476. The first kappa shape index (κ1) is 20.1. The van der Waals surface area contributed by atoms with Gasteiger partial charge >= 0.3 is 0 Å². The van der Waals surface area contributed by atoms with Crippen LogP contribution in [0.3, 0.4) is 0 Å². The van der Waals surface area contributed by atoms with Gasteiger partial charge in [0.2, 0.25) is 5.95 Å². The molecular weight excluding hydrogens is 410 g/mol. The molecule has 30 heavy (non-hydrogen) atoms. The zero-order chi connectivity index (χ0) is 21.3. The lowest BCUT2D eigenvalue weighted by Gasteiger charge is -2.06. The Hall–Kier alpha value is -3.20. The van der Waals surface area contributed by atoms with E-state index in [1.165, 1.54) is 18.3 Å². The first-order valence-electron chi connectivity index (χ1n) is 9.19. The molecular formula is C21H18F2N4O2S. The van der Waals surface area contributed by atoms with Crippen LogP contribution in [0, 0.1) is 11.8 Å². The van der Waals surface area contributed by atoms with Crippen LogP contribution in [0.5, 0.6) is 0 Å². The van der Waals surface area contributed by atoms with Crippen molar-refractivity contribution in [3.05, 3.63) is 83.2 Å². The van der Waals surface area contributed by atoms with Crippen LogP contribution in [-0.2, 0) is 29.1 Å². The number of nitrogens with zero attached hydrogens (tertiary/aromatic N) is 3. The number of rotatable bonds is 6. The minimum absolute atomic E-state index is 0.108. The predicted molar refractivity (Wildman–Crippen MR) is 108 cm³/mol. The highest BCUT2D eigenvalue weighted by Gasteiger charge is 2.14. The van der Waals surface area contributed by atoms with Crippen molar-refractivity contribution in [2.24, 2.45) is 0 Å². The molecule has 0 fully saturated rings. The van der Waals surface area contributed by atoms with Crippen molar-refractivity contribution in [3.8, 4) is 0 Å². The molecule has 0 atom stereocenters. The number of hydrogen-bond acceptors (Lipinski definition) is 5. The third-order valence-corrected chi connectivity index (χ3v) is 5.90. The summed E-state index contributed by atoms with van der Waals surface area (Å²) in [5.41, 5.74) is 2.92. The van der Waals surface area contributed by atoms with E-state index in [9.17, 15) is 17.2 Å². The van der Waals surface area contributed by atoms with Crippen molar-refractivity contribution in [2.45, 2.75) is 24.2 Å². The van der Waals surface area contributed by atoms with Crippen molar-refractivity contribution in [2.75, 3.05) is 6.26 Å². The van der Waals surface area contributed by atoms with Gasteiger partial charge in [0.25, 0.3) is 0 Å². The van der Waals surface area contributed by atoms with Gasteiger partial charge in [-0.2, -0.15) is 4.39 Å². The summed E-state index contributed by atoms with van der Waals surface area (Å²) in [7, 11) is -3.40. The number of pyridine rings is 3. The van der Waals surface area contributed by atoms with E-state index in [2.05, 4.69) is 19.9 Å². The summed E-state index contributed by atoms with van der Waals surface area (Å²) in [5, 5.41) is 0.625. The molecule has 0 saturated carbocycles. The number of nitrogens with one attached hydrogen (secondary N) is 1. The summed E-state index contributed by atoms with van der Waals surface area (Å²) >= 11 is 0. The van der Waals surface area contributed by atoms with E-state index in [0.29, 0.717) is 40.7 Å². The van der Waals surface area contributed by atoms with Crippen LogP contribution < -0.4 is 0 Å². The number of halogens is 2. The van der Waals surface area contributed by atoms with E-state index in [-0.39, 0.29) is 11.3 Å². The SMILES string of the molecule is CS(=O)(=O)c1cnc2[nH]cc(Cc3ccc(CCc4cncc(F)c4)nc3F)c2c1. The molecule has 4 heterocycles. The van der Waals surface area contributed by atoms with Gasteiger partial charge in [0.05, 0.1) is 11.1 Å². The van der Waals surface area contributed by atoms with Crippen LogP contribution in [0.25, 0.3) is 11.0 Å². The molecule has 4 aromatic heterocycles. The first-order valence-corrected chi connectivity index (χ1v) is 11.1.